The summed E-state index contributed by atoms with van der Waals surface area (Å²) in [6, 6.07) is 3.02. The second-order valence-corrected chi connectivity index (χ2v) is 5.71. The minimum absolute atomic E-state index is 0.0984. The van der Waals surface area contributed by atoms with Gasteiger partial charge in [-0.1, -0.05) is 0 Å². The number of nitrogens with zero attached hydrogens (tertiary/aromatic N) is 1. The molecule has 0 unspecified atom stereocenters. The Morgan fingerprint density at radius 2 is 2.05 bits per heavy atom. The summed E-state index contributed by atoms with van der Waals surface area (Å²) in [4.78, 5) is 4.04. The quantitative estimate of drug-likeness (QED) is 0.813. The maximum absolute atomic E-state index is 11.5. The van der Waals surface area contributed by atoms with Crippen molar-refractivity contribution in [3.05, 3.63) is 35.7 Å². The zero-order valence-electron chi connectivity index (χ0n) is 10.6. The van der Waals surface area contributed by atoms with Gasteiger partial charge in [-0.25, -0.2) is 18.1 Å². The molecule has 19 heavy (non-hydrogen) atoms. The van der Waals surface area contributed by atoms with Gasteiger partial charge in [-0.2, -0.15) is 0 Å². The van der Waals surface area contributed by atoms with Crippen molar-refractivity contribution in [2.45, 2.75) is 25.1 Å². The van der Waals surface area contributed by atoms with Gasteiger partial charge in [-0.15, -0.1) is 0 Å². The first-order valence-corrected chi connectivity index (χ1v) is 7.14. The Bertz CT molecular complexity index is 644. The topological polar surface area (TPSA) is 97.4 Å². The van der Waals surface area contributed by atoms with Gasteiger partial charge in [0.15, 0.2) is 0 Å². The first-order valence-electron chi connectivity index (χ1n) is 5.65. The van der Waals surface area contributed by atoms with E-state index in [1.807, 2.05) is 6.92 Å². The van der Waals surface area contributed by atoms with Gasteiger partial charge < -0.3 is 14.2 Å². The first-order chi connectivity index (χ1) is 9.01. The Kier molecular flexibility index (Phi) is 4.03. The molecule has 2 aromatic rings. The van der Waals surface area contributed by atoms with Gasteiger partial charge >= 0.3 is 0 Å². The summed E-state index contributed by atoms with van der Waals surface area (Å²) >= 11 is 0. The van der Waals surface area contributed by atoms with E-state index in [1.54, 1.807) is 12.3 Å². The Hall–Kier alpha value is -1.64. The fraction of sp³-hybridized carbons (Fsp3) is 0.364. The molecule has 0 radical (unpaired) electrons. The lowest BCUT2D eigenvalue weighted by Crippen LogP contribution is -2.17. The highest BCUT2D eigenvalue weighted by Gasteiger charge is 2.16. The summed E-state index contributed by atoms with van der Waals surface area (Å²) in [5.74, 6) is 1.85. The minimum atomic E-state index is -3.53. The fourth-order valence-electron chi connectivity index (χ4n) is 1.47. The molecule has 0 bridgehead atoms. The fourth-order valence-corrected chi connectivity index (χ4v) is 2.14. The van der Waals surface area contributed by atoms with Crippen LogP contribution in [0.25, 0.3) is 0 Å². The molecule has 0 aliphatic carbocycles. The van der Waals surface area contributed by atoms with E-state index in [2.05, 4.69) is 15.0 Å². The van der Waals surface area contributed by atoms with Crippen LogP contribution in [0.4, 0.5) is 0 Å². The SMILES string of the molecule is CNS(=O)(=O)c1ccc(CNCc2ncc(C)o2)o1. The molecule has 0 saturated carbocycles. The summed E-state index contributed by atoms with van der Waals surface area (Å²) in [5, 5.41) is 2.95. The van der Waals surface area contributed by atoms with Crippen LogP contribution in [0.15, 0.2) is 32.3 Å². The molecule has 2 N–H and O–H groups in total. The predicted molar refractivity (Wildman–Crippen MR) is 66.7 cm³/mol. The van der Waals surface area contributed by atoms with Gasteiger partial charge in [-0.3, -0.25) is 0 Å². The van der Waals surface area contributed by atoms with E-state index in [-0.39, 0.29) is 5.09 Å². The van der Waals surface area contributed by atoms with Crippen molar-refractivity contribution >= 4 is 10.0 Å². The van der Waals surface area contributed by atoms with Crippen molar-refractivity contribution in [2.75, 3.05) is 7.05 Å². The summed E-state index contributed by atoms with van der Waals surface area (Å²) in [6.45, 7) is 2.65. The molecule has 0 aliphatic rings. The smallest absolute Gasteiger partial charge is 0.273 e. The molecule has 0 aliphatic heterocycles. The van der Waals surface area contributed by atoms with Crippen LogP contribution in [0.3, 0.4) is 0 Å². The molecule has 104 valence electrons. The Morgan fingerprint density at radius 3 is 2.68 bits per heavy atom. The van der Waals surface area contributed by atoms with E-state index in [9.17, 15) is 8.42 Å². The molecule has 0 aromatic carbocycles. The third-order valence-corrected chi connectivity index (χ3v) is 3.70. The van der Waals surface area contributed by atoms with Gasteiger partial charge in [0.25, 0.3) is 10.0 Å². The van der Waals surface area contributed by atoms with E-state index in [0.717, 1.165) is 5.76 Å². The van der Waals surface area contributed by atoms with E-state index < -0.39 is 10.0 Å². The largest absolute Gasteiger partial charge is 0.447 e. The number of hydrogen-bond donors (Lipinski definition) is 2. The number of sulfonamides is 1. The molecule has 7 nitrogen and oxygen atoms in total. The lowest BCUT2D eigenvalue weighted by atomic mass is 10.4. The normalized spacial score (nSPS) is 11.9. The molecule has 2 aromatic heterocycles. The summed E-state index contributed by atoms with van der Waals surface area (Å²) in [6.07, 6.45) is 1.64. The molecule has 0 fully saturated rings. The molecule has 0 amide bonds. The van der Waals surface area contributed by atoms with E-state index in [1.165, 1.54) is 13.1 Å². The van der Waals surface area contributed by atoms with Crippen molar-refractivity contribution in [2.24, 2.45) is 0 Å². The highest BCUT2D eigenvalue weighted by molar-refractivity contribution is 7.89. The summed E-state index contributed by atoms with van der Waals surface area (Å²) < 4.78 is 35.6. The highest BCUT2D eigenvalue weighted by atomic mass is 32.2. The molecule has 0 spiro atoms. The molecule has 0 atom stereocenters. The minimum Gasteiger partial charge on any atom is -0.447 e. The lowest BCUT2D eigenvalue weighted by molar-refractivity contribution is 0.390. The van der Waals surface area contributed by atoms with Gasteiger partial charge in [0.1, 0.15) is 11.5 Å². The van der Waals surface area contributed by atoms with Gasteiger partial charge in [0.2, 0.25) is 11.0 Å². The molecule has 2 rings (SSSR count). The standard InChI is InChI=1S/C11H15N3O4S/c1-8-5-14-10(17-8)7-13-6-9-3-4-11(18-9)19(15,16)12-2/h3-5,12-13H,6-7H2,1-2H3. The maximum atomic E-state index is 11.5. The number of furan rings is 1. The van der Waals surface area contributed by atoms with Crippen LogP contribution in [0.1, 0.15) is 17.4 Å². The van der Waals surface area contributed by atoms with Crippen LogP contribution in [0.2, 0.25) is 0 Å². The van der Waals surface area contributed by atoms with E-state index in [4.69, 9.17) is 8.83 Å². The van der Waals surface area contributed by atoms with Crippen LogP contribution in [0, 0.1) is 6.92 Å². The van der Waals surface area contributed by atoms with Crippen LogP contribution in [-0.4, -0.2) is 20.4 Å². The van der Waals surface area contributed by atoms with Gasteiger partial charge in [0, 0.05) is 0 Å². The van der Waals surface area contributed by atoms with Crippen molar-refractivity contribution < 1.29 is 17.3 Å². The third kappa shape index (κ3) is 3.43. The van der Waals surface area contributed by atoms with Crippen LogP contribution < -0.4 is 10.0 Å². The zero-order chi connectivity index (χ0) is 13.9. The van der Waals surface area contributed by atoms with Gasteiger partial charge in [0.05, 0.1) is 19.3 Å². The highest BCUT2D eigenvalue weighted by Crippen LogP contribution is 2.13. The average Bonchev–Trinajstić information content (AvgIpc) is 2.99. The molecular weight excluding hydrogens is 270 g/mol. The first kappa shape index (κ1) is 13.8. The van der Waals surface area contributed by atoms with Crippen molar-refractivity contribution in [1.29, 1.82) is 0 Å². The predicted octanol–water partition coefficient (Wildman–Crippen LogP) is 0.774. The van der Waals surface area contributed by atoms with Gasteiger partial charge in [-0.05, 0) is 26.1 Å². The Labute approximate surface area is 111 Å². The lowest BCUT2D eigenvalue weighted by Gasteiger charge is -1.99. The summed E-state index contributed by atoms with van der Waals surface area (Å²) in [5.41, 5.74) is 0. The molecule has 0 saturated heterocycles. The van der Waals surface area contributed by atoms with Crippen molar-refractivity contribution in [3.8, 4) is 0 Å². The number of rotatable bonds is 6. The Balaban J connectivity index is 1.90. The second-order valence-electron chi connectivity index (χ2n) is 3.90. The number of oxazole rings is 1. The van der Waals surface area contributed by atoms with Crippen molar-refractivity contribution in [1.82, 2.24) is 15.0 Å². The number of nitrogens with one attached hydrogen (secondary N) is 2. The van der Waals surface area contributed by atoms with E-state index >= 15 is 0 Å². The van der Waals surface area contributed by atoms with Crippen LogP contribution in [0.5, 0.6) is 0 Å². The number of aromatic nitrogens is 1. The zero-order valence-corrected chi connectivity index (χ0v) is 11.5. The molecule has 8 heteroatoms. The van der Waals surface area contributed by atoms with E-state index in [0.29, 0.717) is 24.7 Å². The average molecular weight is 285 g/mol. The number of aryl methyl sites for hydroxylation is 1. The maximum Gasteiger partial charge on any atom is 0.273 e. The molecular formula is C11H15N3O4S. The van der Waals surface area contributed by atoms with Crippen LogP contribution in [-0.2, 0) is 23.1 Å². The van der Waals surface area contributed by atoms with Crippen LogP contribution >= 0.6 is 0 Å². The third-order valence-electron chi connectivity index (χ3n) is 2.42. The Morgan fingerprint density at radius 1 is 1.26 bits per heavy atom. The van der Waals surface area contributed by atoms with Crippen molar-refractivity contribution in [3.63, 3.8) is 0 Å². The molecule has 2 heterocycles. The summed E-state index contributed by atoms with van der Waals surface area (Å²) in [7, 11) is -2.19. The monoisotopic (exact) mass is 285 g/mol. The number of hydrogen-bond acceptors (Lipinski definition) is 6. The second kappa shape index (κ2) is 5.55.